The lowest BCUT2D eigenvalue weighted by atomic mass is 10.1. The summed E-state index contributed by atoms with van der Waals surface area (Å²) in [7, 11) is 1.33. The van der Waals surface area contributed by atoms with Crippen LogP contribution in [0.1, 0.15) is 24.0 Å². The first-order valence-corrected chi connectivity index (χ1v) is 8.86. The van der Waals surface area contributed by atoms with Crippen molar-refractivity contribution >= 4 is 17.3 Å². The molecule has 0 unspecified atom stereocenters. The van der Waals surface area contributed by atoms with Crippen molar-refractivity contribution in [3.63, 3.8) is 0 Å². The van der Waals surface area contributed by atoms with Crippen LogP contribution in [0.25, 0.3) is 0 Å². The van der Waals surface area contributed by atoms with Crippen LogP contribution in [0.15, 0.2) is 36.4 Å². The van der Waals surface area contributed by atoms with E-state index in [1.807, 2.05) is 4.90 Å². The highest BCUT2D eigenvalue weighted by molar-refractivity contribution is 5.95. The van der Waals surface area contributed by atoms with Gasteiger partial charge >= 0.3 is 6.18 Å². The lowest BCUT2D eigenvalue weighted by molar-refractivity contribution is -0.137. The summed E-state index contributed by atoms with van der Waals surface area (Å²) < 4.78 is 57.9. The van der Waals surface area contributed by atoms with Crippen LogP contribution in [0.2, 0.25) is 0 Å². The molecule has 8 heteroatoms. The first-order valence-electron chi connectivity index (χ1n) is 8.86. The summed E-state index contributed by atoms with van der Waals surface area (Å²) in [6.45, 7) is 1.44. The Morgan fingerprint density at radius 3 is 2.46 bits per heavy atom. The van der Waals surface area contributed by atoms with Gasteiger partial charge in [0.05, 0.1) is 30.5 Å². The Labute approximate surface area is 160 Å². The van der Waals surface area contributed by atoms with E-state index < -0.39 is 23.5 Å². The zero-order valence-electron chi connectivity index (χ0n) is 15.3. The molecule has 0 bridgehead atoms. The molecule has 0 saturated carbocycles. The zero-order valence-corrected chi connectivity index (χ0v) is 15.3. The van der Waals surface area contributed by atoms with E-state index >= 15 is 0 Å². The number of nitrogens with zero attached hydrogens (tertiary/aromatic N) is 1. The lowest BCUT2D eigenvalue weighted by Crippen LogP contribution is -2.22. The second kappa shape index (κ2) is 8.08. The predicted molar refractivity (Wildman–Crippen MR) is 98.2 cm³/mol. The van der Waals surface area contributed by atoms with E-state index in [-0.39, 0.29) is 17.9 Å². The van der Waals surface area contributed by atoms with E-state index in [0.717, 1.165) is 38.1 Å². The van der Waals surface area contributed by atoms with Crippen LogP contribution in [0.3, 0.4) is 0 Å². The maximum absolute atomic E-state index is 13.8. The Kier molecular flexibility index (Phi) is 5.76. The third-order valence-corrected chi connectivity index (χ3v) is 4.63. The molecule has 150 valence electrons. The summed E-state index contributed by atoms with van der Waals surface area (Å²) in [4.78, 5) is 14.4. The summed E-state index contributed by atoms with van der Waals surface area (Å²) in [5, 5.41) is 2.56. The Morgan fingerprint density at radius 1 is 1.14 bits per heavy atom. The Hall–Kier alpha value is -2.77. The van der Waals surface area contributed by atoms with Gasteiger partial charge in [0.2, 0.25) is 5.91 Å². The number of hydrogen-bond donors (Lipinski definition) is 1. The molecule has 1 aliphatic heterocycles. The molecule has 0 spiro atoms. The van der Waals surface area contributed by atoms with E-state index in [9.17, 15) is 22.4 Å². The smallest absolute Gasteiger partial charge is 0.416 e. The second-order valence-corrected chi connectivity index (χ2v) is 6.62. The number of hydrogen-bond acceptors (Lipinski definition) is 3. The number of anilines is 2. The Balaban J connectivity index is 1.82. The average molecular weight is 396 g/mol. The molecule has 2 aromatic carbocycles. The second-order valence-electron chi connectivity index (χ2n) is 6.62. The van der Waals surface area contributed by atoms with E-state index in [4.69, 9.17) is 4.74 Å². The Morgan fingerprint density at radius 2 is 1.86 bits per heavy atom. The van der Waals surface area contributed by atoms with Gasteiger partial charge < -0.3 is 15.0 Å². The molecule has 0 atom stereocenters. The average Bonchev–Trinajstić information content (AvgIpc) is 3.15. The number of carbonyl (C=O) groups is 1. The molecule has 3 rings (SSSR count). The molecular weight excluding hydrogens is 376 g/mol. The molecule has 1 N–H and O–H groups in total. The maximum atomic E-state index is 13.8. The summed E-state index contributed by atoms with van der Waals surface area (Å²) >= 11 is 0. The van der Waals surface area contributed by atoms with Crippen molar-refractivity contribution in [2.24, 2.45) is 0 Å². The molecule has 28 heavy (non-hydrogen) atoms. The minimum atomic E-state index is -4.51. The van der Waals surface area contributed by atoms with Gasteiger partial charge in [0.1, 0.15) is 0 Å². The van der Waals surface area contributed by atoms with E-state index in [1.54, 1.807) is 0 Å². The van der Waals surface area contributed by atoms with Gasteiger partial charge in [0, 0.05) is 13.1 Å². The minimum absolute atomic E-state index is 0.0540. The number of ether oxygens (including phenoxy) is 1. The number of benzene rings is 2. The molecular formula is C20H20F4N2O2. The van der Waals surface area contributed by atoms with Crippen molar-refractivity contribution in [3.05, 3.63) is 53.3 Å². The van der Waals surface area contributed by atoms with Crippen molar-refractivity contribution < 1.29 is 27.1 Å². The van der Waals surface area contributed by atoms with Gasteiger partial charge in [-0.25, -0.2) is 4.39 Å². The standard InChI is InChI=1S/C20H20F4N2O2/c1-28-18-7-4-13(10-15(18)21)11-19(27)25-16-12-14(20(22,23)24)5-6-17(16)26-8-2-3-9-26/h4-7,10,12H,2-3,8-9,11H2,1H3,(H,25,27). The van der Waals surface area contributed by atoms with Gasteiger partial charge in [0.25, 0.3) is 0 Å². The molecule has 0 aliphatic carbocycles. The zero-order chi connectivity index (χ0) is 20.3. The molecule has 0 aromatic heterocycles. The van der Waals surface area contributed by atoms with Crippen molar-refractivity contribution in [3.8, 4) is 5.75 Å². The van der Waals surface area contributed by atoms with Crippen LogP contribution >= 0.6 is 0 Å². The fourth-order valence-electron chi connectivity index (χ4n) is 3.25. The van der Waals surface area contributed by atoms with Crippen LogP contribution in [0.4, 0.5) is 28.9 Å². The molecule has 2 aromatic rings. The maximum Gasteiger partial charge on any atom is 0.416 e. The van der Waals surface area contributed by atoms with Gasteiger partial charge in [-0.2, -0.15) is 13.2 Å². The summed E-state index contributed by atoms with van der Waals surface area (Å²) in [5.74, 6) is -1.08. The van der Waals surface area contributed by atoms with Gasteiger partial charge in [-0.3, -0.25) is 4.79 Å². The van der Waals surface area contributed by atoms with Gasteiger partial charge in [-0.15, -0.1) is 0 Å². The van der Waals surface area contributed by atoms with E-state index in [2.05, 4.69) is 5.32 Å². The topological polar surface area (TPSA) is 41.6 Å². The number of amides is 1. The number of nitrogens with one attached hydrogen (secondary N) is 1. The Bertz CT molecular complexity index is 862. The highest BCUT2D eigenvalue weighted by Gasteiger charge is 2.32. The summed E-state index contributed by atoms with van der Waals surface area (Å²) in [5.41, 5.74) is 0.224. The van der Waals surface area contributed by atoms with Crippen molar-refractivity contribution in [1.29, 1.82) is 0 Å². The molecule has 0 radical (unpaired) electrons. The van der Waals surface area contributed by atoms with Gasteiger partial charge in [0.15, 0.2) is 11.6 Å². The third-order valence-electron chi connectivity index (χ3n) is 4.63. The quantitative estimate of drug-likeness (QED) is 0.749. The van der Waals surface area contributed by atoms with Crippen molar-refractivity contribution in [2.75, 3.05) is 30.4 Å². The third kappa shape index (κ3) is 4.55. The van der Waals surface area contributed by atoms with Gasteiger partial charge in [-0.05, 0) is 48.7 Å². The SMILES string of the molecule is COc1ccc(CC(=O)Nc2cc(C(F)(F)F)ccc2N2CCCC2)cc1F. The van der Waals surface area contributed by atoms with Crippen molar-refractivity contribution in [2.45, 2.75) is 25.4 Å². The normalized spacial score (nSPS) is 14.2. The molecule has 1 aliphatic rings. The molecule has 1 saturated heterocycles. The molecule has 4 nitrogen and oxygen atoms in total. The highest BCUT2D eigenvalue weighted by atomic mass is 19.4. The van der Waals surface area contributed by atoms with E-state index in [1.165, 1.54) is 31.4 Å². The van der Waals surface area contributed by atoms with Gasteiger partial charge in [-0.1, -0.05) is 6.07 Å². The minimum Gasteiger partial charge on any atom is -0.494 e. The van der Waals surface area contributed by atoms with Crippen LogP contribution < -0.4 is 15.0 Å². The van der Waals surface area contributed by atoms with Crippen LogP contribution in [-0.4, -0.2) is 26.1 Å². The monoisotopic (exact) mass is 396 g/mol. The molecule has 1 amide bonds. The van der Waals surface area contributed by atoms with Crippen LogP contribution in [0.5, 0.6) is 5.75 Å². The number of carbonyl (C=O) groups excluding carboxylic acids is 1. The first-order chi connectivity index (χ1) is 13.3. The number of methoxy groups -OCH3 is 1. The highest BCUT2D eigenvalue weighted by Crippen LogP contribution is 2.36. The van der Waals surface area contributed by atoms with Crippen LogP contribution in [-0.2, 0) is 17.4 Å². The molecule has 1 heterocycles. The van der Waals surface area contributed by atoms with Crippen molar-refractivity contribution in [1.82, 2.24) is 0 Å². The summed E-state index contributed by atoms with van der Waals surface area (Å²) in [6, 6.07) is 7.46. The van der Waals surface area contributed by atoms with E-state index in [0.29, 0.717) is 11.3 Å². The summed E-state index contributed by atoms with van der Waals surface area (Å²) in [6.07, 6.45) is -2.79. The number of alkyl halides is 3. The molecule has 1 fully saturated rings. The number of halogens is 4. The predicted octanol–water partition coefficient (Wildman–Crippen LogP) is 4.63. The largest absolute Gasteiger partial charge is 0.494 e. The first kappa shape index (κ1) is 20.0. The number of rotatable bonds is 5. The lowest BCUT2D eigenvalue weighted by Gasteiger charge is -2.23. The van der Waals surface area contributed by atoms with Crippen LogP contribution in [0, 0.1) is 5.82 Å². The fourth-order valence-corrected chi connectivity index (χ4v) is 3.25. The fraction of sp³-hybridized carbons (Fsp3) is 0.350.